The van der Waals surface area contributed by atoms with E-state index in [1.165, 1.54) is 0 Å². The fraction of sp³-hybridized carbons (Fsp3) is 0.900. The molecule has 0 aromatic heterocycles. The van der Waals surface area contributed by atoms with Crippen molar-refractivity contribution in [3.63, 3.8) is 0 Å². The van der Waals surface area contributed by atoms with Crippen LogP contribution in [0.15, 0.2) is 0 Å². The van der Waals surface area contributed by atoms with Gasteiger partial charge in [0.25, 0.3) is 0 Å². The summed E-state index contributed by atoms with van der Waals surface area (Å²) in [6.07, 6.45) is 2.12. The third-order valence-corrected chi connectivity index (χ3v) is 3.17. The Morgan fingerprint density at radius 3 is 2.86 bits per heavy atom. The molecule has 1 unspecified atom stereocenters. The SMILES string of the molecule is O=C(C1CCCNC1)N1CC(CO)C1. The van der Waals surface area contributed by atoms with Crippen LogP contribution in [0.1, 0.15) is 12.8 Å². The lowest BCUT2D eigenvalue weighted by atomic mass is 9.94. The van der Waals surface area contributed by atoms with Gasteiger partial charge in [-0.2, -0.15) is 0 Å². The zero-order chi connectivity index (χ0) is 9.97. The van der Waals surface area contributed by atoms with Crippen molar-refractivity contribution in [2.45, 2.75) is 12.8 Å². The Bertz CT molecular complexity index is 208. The fourth-order valence-electron chi connectivity index (χ4n) is 2.19. The summed E-state index contributed by atoms with van der Waals surface area (Å²) >= 11 is 0. The molecule has 2 aliphatic rings. The first-order chi connectivity index (χ1) is 6.81. The predicted molar refractivity (Wildman–Crippen MR) is 52.7 cm³/mol. The lowest BCUT2D eigenvalue weighted by molar-refractivity contribution is -0.143. The van der Waals surface area contributed by atoms with E-state index in [0.717, 1.165) is 39.0 Å². The van der Waals surface area contributed by atoms with Gasteiger partial charge in [0.05, 0.1) is 5.92 Å². The van der Waals surface area contributed by atoms with Gasteiger partial charge in [-0.05, 0) is 19.4 Å². The Balaban J connectivity index is 1.78. The molecule has 1 amide bonds. The maximum absolute atomic E-state index is 11.8. The maximum Gasteiger partial charge on any atom is 0.226 e. The number of nitrogens with zero attached hydrogens (tertiary/aromatic N) is 1. The first-order valence-electron chi connectivity index (χ1n) is 5.41. The van der Waals surface area contributed by atoms with Crippen molar-refractivity contribution in [3.05, 3.63) is 0 Å². The fourth-order valence-corrected chi connectivity index (χ4v) is 2.19. The van der Waals surface area contributed by atoms with E-state index in [-0.39, 0.29) is 18.4 Å². The molecule has 0 bridgehead atoms. The molecule has 0 radical (unpaired) electrons. The summed E-state index contributed by atoms with van der Waals surface area (Å²) in [5.74, 6) is 0.792. The van der Waals surface area contributed by atoms with Gasteiger partial charge in [-0.3, -0.25) is 4.79 Å². The molecule has 14 heavy (non-hydrogen) atoms. The van der Waals surface area contributed by atoms with Gasteiger partial charge in [0, 0.05) is 32.2 Å². The van der Waals surface area contributed by atoms with Gasteiger partial charge in [0.1, 0.15) is 0 Å². The van der Waals surface area contributed by atoms with E-state index < -0.39 is 0 Å². The monoisotopic (exact) mass is 198 g/mol. The van der Waals surface area contributed by atoms with E-state index >= 15 is 0 Å². The number of hydrogen-bond donors (Lipinski definition) is 2. The van der Waals surface area contributed by atoms with Crippen molar-refractivity contribution in [2.24, 2.45) is 11.8 Å². The van der Waals surface area contributed by atoms with E-state index in [1.54, 1.807) is 0 Å². The Morgan fingerprint density at radius 1 is 1.50 bits per heavy atom. The number of amides is 1. The van der Waals surface area contributed by atoms with Crippen LogP contribution < -0.4 is 5.32 Å². The topological polar surface area (TPSA) is 52.6 Å². The summed E-state index contributed by atoms with van der Waals surface area (Å²) in [7, 11) is 0. The largest absolute Gasteiger partial charge is 0.396 e. The summed E-state index contributed by atoms with van der Waals surface area (Å²) in [6, 6.07) is 0. The number of rotatable bonds is 2. The number of nitrogens with one attached hydrogen (secondary N) is 1. The molecule has 80 valence electrons. The highest BCUT2D eigenvalue weighted by atomic mass is 16.3. The first kappa shape index (κ1) is 9.93. The van der Waals surface area contributed by atoms with Gasteiger partial charge in [-0.25, -0.2) is 0 Å². The molecule has 2 N–H and O–H groups in total. The van der Waals surface area contributed by atoms with E-state index in [1.807, 2.05) is 4.90 Å². The maximum atomic E-state index is 11.8. The van der Waals surface area contributed by atoms with Crippen molar-refractivity contribution >= 4 is 5.91 Å². The Labute approximate surface area is 84.3 Å². The van der Waals surface area contributed by atoms with Gasteiger partial charge >= 0.3 is 0 Å². The smallest absolute Gasteiger partial charge is 0.226 e. The zero-order valence-corrected chi connectivity index (χ0v) is 8.41. The molecule has 0 spiro atoms. The molecule has 2 aliphatic heterocycles. The number of carbonyl (C=O) groups is 1. The number of piperidine rings is 1. The lowest BCUT2D eigenvalue weighted by Crippen LogP contribution is -2.54. The molecule has 2 heterocycles. The molecule has 1 atom stereocenters. The molecule has 4 heteroatoms. The minimum absolute atomic E-state index is 0.184. The van der Waals surface area contributed by atoms with Crippen molar-refractivity contribution in [2.75, 3.05) is 32.8 Å². The molecular formula is C10H18N2O2. The predicted octanol–water partition coefficient (Wildman–Crippen LogP) is -0.563. The number of aliphatic hydroxyl groups excluding tert-OH is 1. The second kappa shape index (κ2) is 4.28. The zero-order valence-electron chi connectivity index (χ0n) is 8.41. The summed E-state index contributed by atoms with van der Waals surface area (Å²) in [6.45, 7) is 3.60. The highest BCUT2D eigenvalue weighted by Gasteiger charge is 2.34. The molecule has 2 rings (SSSR count). The van der Waals surface area contributed by atoms with Crippen LogP contribution in [0.25, 0.3) is 0 Å². The minimum Gasteiger partial charge on any atom is -0.396 e. The average Bonchev–Trinajstić information content (AvgIpc) is 2.17. The van der Waals surface area contributed by atoms with Gasteiger partial charge in [0.2, 0.25) is 5.91 Å². The number of hydrogen-bond acceptors (Lipinski definition) is 3. The van der Waals surface area contributed by atoms with Crippen molar-refractivity contribution in [3.8, 4) is 0 Å². The highest BCUT2D eigenvalue weighted by Crippen LogP contribution is 2.20. The van der Waals surface area contributed by atoms with Crippen LogP contribution in [0.3, 0.4) is 0 Å². The Hall–Kier alpha value is -0.610. The summed E-state index contributed by atoms with van der Waals surface area (Å²) < 4.78 is 0. The summed E-state index contributed by atoms with van der Waals surface area (Å²) in [5, 5.41) is 12.1. The Kier molecular flexibility index (Phi) is 3.03. The van der Waals surface area contributed by atoms with Crippen molar-refractivity contribution in [1.82, 2.24) is 10.2 Å². The van der Waals surface area contributed by atoms with Gasteiger partial charge < -0.3 is 15.3 Å². The van der Waals surface area contributed by atoms with Gasteiger partial charge in [-0.1, -0.05) is 0 Å². The van der Waals surface area contributed by atoms with Crippen LogP contribution in [0.4, 0.5) is 0 Å². The van der Waals surface area contributed by atoms with Gasteiger partial charge in [-0.15, -0.1) is 0 Å². The normalized spacial score (nSPS) is 28.6. The highest BCUT2D eigenvalue weighted by molar-refractivity contribution is 5.80. The first-order valence-corrected chi connectivity index (χ1v) is 5.41. The third-order valence-electron chi connectivity index (χ3n) is 3.17. The molecule has 0 aromatic rings. The number of likely N-dealkylation sites (tertiary alicyclic amines) is 1. The summed E-state index contributed by atoms with van der Waals surface area (Å²) in [5.41, 5.74) is 0. The minimum atomic E-state index is 0.184. The van der Waals surface area contributed by atoms with Crippen LogP contribution in [-0.2, 0) is 4.79 Å². The molecule has 4 nitrogen and oxygen atoms in total. The van der Waals surface area contributed by atoms with E-state index in [4.69, 9.17) is 5.11 Å². The van der Waals surface area contributed by atoms with E-state index in [2.05, 4.69) is 5.32 Å². The average molecular weight is 198 g/mol. The van der Waals surface area contributed by atoms with E-state index in [0.29, 0.717) is 5.92 Å². The molecule has 2 saturated heterocycles. The molecule has 0 aromatic carbocycles. The van der Waals surface area contributed by atoms with Crippen molar-refractivity contribution in [1.29, 1.82) is 0 Å². The van der Waals surface area contributed by atoms with Crippen LogP contribution in [0.2, 0.25) is 0 Å². The molecular weight excluding hydrogens is 180 g/mol. The second-order valence-corrected chi connectivity index (χ2v) is 4.34. The molecule has 0 aliphatic carbocycles. The molecule has 0 saturated carbocycles. The van der Waals surface area contributed by atoms with Crippen LogP contribution in [0, 0.1) is 11.8 Å². The van der Waals surface area contributed by atoms with Gasteiger partial charge in [0.15, 0.2) is 0 Å². The second-order valence-electron chi connectivity index (χ2n) is 4.34. The van der Waals surface area contributed by atoms with Crippen LogP contribution in [-0.4, -0.2) is 48.7 Å². The lowest BCUT2D eigenvalue weighted by Gasteiger charge is -2.40. The summed E-state index contributed by atoms with van der Waals surface area (Å²) in [4.78, 5) is 13.7. The molecule has 2 fully saturated rings. The quantitative estimate of drug-likeness (QED) is 0.625. The van der Waals surface area contributed by atoms with Crippen molar-refractivity contribution < 1.29 is 9.90 Å². The standard InChI is InChI=1S/C10H18N2O2/c13-7-8-5-12(6-8)10(14)9-2-1-3-11-4-9/h8-9,11,13H,1-7H2. The Morgan fingerprint density at radius 2 is 2.29 bits per heavy atom. The number of carbonyl (C=O) groups excluding carboxylic acids is 1. The third kappa shape index (κ3) is 1.91. The van der Waals surface area contributed by atoms with Crippen LogP contribution >= 0.6 is 0 Å². The van der Waals surface area contributed by atoms with E-state index in [9.17, 15) is 4.79 Å². The van der Waals surface area contributed by atoms with Crippen LogP contribution in [0.5, 0.6) is 0 Å². The number of aliphatic hydroxyl groups is 1.